The van der Waals surface area contributed by atoms with Crippen LogP contribution in [0.2, 0.25) is 0 Å². The summed E-state index contributed by atoms with van der Waals surface area (Å²) >= 11 is 1.42. The van der Waals surface area contributed by atoms with Crippen LogP contribution in [0.1, 0.15) is 31.9 Å². The summed E-state index contributed by atoms with van der Waals surface area (Å²) in [4.78, 5) is 24.7. The van der Waals surface area contributed by atoms with Gasteiger partial charge in [0.15, 0.2) is 5.17 Å². The number of ether oxygens (including phenoxy) is 1. The van der Waals surface area contributed by atoms with E-state index in [-0.39, 0.29) is 11.4 Å². The fourth-order valence-electron chi connectivity index (χ4n) is 4.74. The highest BCUT2D eigenvalue weighted by Gasteiger charge is 2.31. The fraction of sp³-hybridized carbons (Fsp3) is 0.357. The average molecular weight is 489 g/mol. The molecule has 2 fully saturated rings. The molecular formula is C28H32N4O2S. The molecule has 0 aliphatic carbocycles. The molecule has 0 N–H and O–H groups in total. The minimum atomic E-state index is -0.0260. The molecular weight excluding hydrogens is 456 g/mol. The number of anilines is 2. The van der Waals surface area contributed by atoms with E-state index in [1.165, 1.54) is 34.3 Å². The van der Waals surface area contributed by atoms with Gasteiger partial charge in [-0.3, -0.25) is 9.69 Å². The number of hydrogen-bond donors (Lipinski definition) is 0. The van der Waals surface area contributed by atoms with Gasteiger partial charge in [-0.25, -0.2) is 4.99 Å². The number of likely N-dealkylation sites (N-methyl/N-ethyl adjacent to an activating group) is 2. The lowest BCUT2D eigenvalue weighted by atomic mass is 9.88. The number of thioether (sulfide) groups is 1. The molecule has 2 saturated heterocycles. The summed E-state index contributed by atoms with van der Waals surface area (Å²) in [5.74, 6) is -0.0260. The molecule has 3 heterocycles. The van der Waals surface area contributed by atoms with Crippen molar-refractivity contribution in [3.8, 4) is 0 Å². The molecule has 3 aliphatic heterocycles. The van der Waals surface area contributed by atoms with Crippen LogP contribution in [0.3, 0.4) is 0 Å². The zero-order chi connectivity index (χ0) is 24.7. The molecule has 0 aromatic heterocycles. The fourth-order valence-corrected chi connectivity index (χ4v) is 5.73. The molecule has 0 radical (unpaired) electrons. The maximum atomic E-state index is 13.0. The molecule has 35 heavy (non-hydrogen) atoms. The van der Waals surface area contributed by atoms with Gasteiger partial charge in [-0.1, -0.05) is 12.1 Å². The van der Waals surface area contributed by atoms with E-state index in [0.717, 1.165) is 37.6 Å². The highest BCUT2D eigenvalue weighted by atomic mass is 32.2. The first kappa shape index (κ1) is 23.7. The molecule has 0 spiro atoms. The molecule has 0 atom stereocenters. The highest BCUT2D eigenvalue weighted by molar-refractivity contribution is 8.18. The molecule has 7 heteroatoms. The van der Waals surface area contributed by atoms with E-state index in [1.54, 1.807) is 11.9 Å². The van der Waals surface area contributed by atoms with E-state index in [1.807, 2.05) is 18.2 Å². The Morgan fingerprint density at radius 3 is 2.49 bits per heavy atom. The van der Waals surface area contributed by atoms with Crippen LogP contribution in [0.5, 0.6) is 0 Å². The van der Waals surface area contributed by atoms with Crippen molar-refractivity contribution < 1.29 is 9.53 Å². The van der Waals surface area contributed by atoms with Gasteiger partial charge in [0.2, 0.25) is 0 Å². The number of carbonyl (C=O) groups is 1. The van der Waals surface area contributed by atoms with Gasteiger partial charge < -0.3 is 14.5 Å². The van der Waals surface area contributed by atoms with E-state index in [9.17, 15) is 4.79 Å². The number of fused-ring (bicyclic) bond motifs is 1. The molecule has 2 aromatic carbocycles. The molecule has 182 valence electrons. The first-order valence-electron chi connectivity index (χ1n) is 12.0. The first-order valence-corrected chi connectivity index (χ1v) is 12.8. The average Bonchev–Trinajstić information content (AvgIpc) is 3.11. The lowest BCUT2D eigenvalue weighted by Gasteiger charge is -2.40. The van der Waals surface area contributed by atoms with E-state index >= 15 is 0 Å². The Hall–Kier alpha value is -3.03. The van der Waals surface area contributed by atoms with Gasteiger partial charge in [-0.05, 0) is 86.1 Å². The molecule has 0 saturated carbocycles. The number of amides is 1. The number of rotatable bonds is 3. The third-order valence-electron chi connectivity index (χ3n) is 6.99. The normalized spacial score (nSPS) is 22.1. The van der Waals surface area contributed by atoms with Gasteiger partial charge in [0.1, 0.15) is 0 Å². The lowest BCUT2D eigenvalue weighted by molar-refractivity contribution is -0.121. The quantitative estimate of drug-likeness (QED) is 0.542. The Kier molecular flexibility index (Phi) is 6.23. The van der Waals surface area contributed by atoms with Crippen molar-refractivity contribution in [2.75, 3.05) is 50.2 Å². The van der Waals surface area contributed by atoms with Crippen molar-refractivity contribution in [2.24, 2.45) is 4.99 Å². The summed E-state index contributed by atoms with van der Waals surface area (Å²) in [7, 11) is 3.91. The van der Waals surface area contributed by atoms with Gasteiger partial charge >= 0.3 is 0 Å². The second-order valence-corrected chi connectivity index (χ2v) is 10.8. The van der Waals surface area contributed by atoms with Crippen LogP contribution in [-0.4, -0.2) is 61.9 Å². The summed E-state index contributed by atoms with van der Waals surface area (Å²) < 4.78 is 5.44. The Labute approximate surface area is 212 Å². The van der Waals surface area contributed by atoms with Crippen molar-refractivity contribution in [3.05, 3.63) is 64.6 Å². The maximum Gasteiger partial charge on any atom is 0.266 e. The number of morpholine rings is 1. The Morgan fingerprint density at radius 2 is 1.77 bits per heavy atom. The van der Waals surface area contributed by atoms with E-state index in [0.29, 0.717) is 10.1 Å². The Morgan fingerprint density at radius 1 is 1.06 bits per heavy atom. The number of nitrogens with zero attached hydrogens (tertiary/aromatic N) is 4. The summed E-state index contributed by atoms with van der Waals surface area (Å²) in [6, 6.07) is 14.6. The van der Waals surface area contributed by atoms with Crippen LogP contribution in [0.4, 0.5) is 17.1 Å². The second kappa shape index (κ2) is 9.21. The molecule has 2 aromatic rings. The van der Waals surface area contributed by atoms with Crippen LogP contribution in [0, 0.1) is 0 Å². The molecule has 0 unspecified atom stereocenters. The summed E-state index contributed by atoms with van der Waals surface area (Å²) in [6.07, 6.45) is 4.27. The van der Waals surface area contributed by atoms with Crippen LogP contribution >= 0.6 is 11.8 Å². The Balaban J connectivity index is 1.37. The highest BCUT2D eigenvalue weighted by Crippen LogP contribution is 2.39. The van der Waals surface area contributed by atoms with Gasteiger partial charge in [0.25, 0.3) is 5.91 Å². The SMILES string of the molecule is CC1=CC(C)(C)N(C)c2ccc(/C=C3/SC(=Nc4ccc(N5CCOCC5)cc4)N(C)C3=O)cc21. The van der Waals surface area contributed by atoms with Gasteiger partial charge in [0, 0.05) is 44.1 Å². The molecule has 3 aliphatic rings. The number of allylic oxidation sites excluding steroid dienone is 1. The van der Waals surface area contributed by atoms with Crippen LogP contribution in [0.25, 0.3) is 11.6 Å². The summed E-state index contributed by atoms with van der Waals surface area (Å²) in [6.45, 7) is 9.92. The summed E-state index contributed by atoms with van der Waals surface area (Å²) in [5, 5.41) is 0.691. The predicted octanol–water partition coefficient (Wildman–Crippen LogP) is 5.39. The molecule has 5 rings (SSSR count). The van der Waals surface area contributed by atoms with Gasteiger partial charge in [-0.2, -0.15) is 0 Å². The van der Waals surface area contributed by atoms with E-state index in [2.05, 4.69) is 74.0 Å². The minimum absolute atomic E-state index is 0.0250. The number of carbonyl (C=O) groups excluding carboxylic acids is 1. The van der Waals surface area contributed by atoms with E-state index < -0.39 is 0 Å². The largest absolute Gasteiger partial charge is 0.378 e. The van der Waals surface area contributed by atoms with Crippen molar-refractivity contribution in [1.29, 1.82) is 0 Å². The standard InChI is InChI=1S/C28H32N4O2S/c1-19-18-28(2,3)31(5)24-11-6-20(16-23(19)24)17-25-26(33)30(4)27(35-25)29-21-7-9-22(10-8-21)32-12-14-34-15-13-32/h6-11,16-18H,12-15H2,1-5H3/b25-17+,29-27?. The van der Waals surface area contributed by atoms with Gasteiger partial charge in [-0.15, -0.1) is 0 Å². The van der Waals surface area contributed by atoms with Gasteiger partial charge in [0.05, 0.1) is 29.3 Å². The zero-order valence-electron chi connectivity index (χ0n) is 21.0. The molecule has 1 amide bonds. The lowest BCUT2D eigenvalue weighted by Crippen LogP contribution is -2.42. The smallest absolute Gasteiger partial charge is 0.266 e. The maximum absolute atomic E-state index is 13.0. The second-order valence-electron chi connectivity index (χ2n) is 9.80. The zero-order valence-corrected chi connectivity index (χ0v) is 21.9. The van der Waals surface area contributed by atoms with Crippen LogP contribution in [0.15, 0.2) is 58.4 Å². The topological polar surface area (TPSA) is 48.4 Å². The third-order valence-corrected chi connectivity index (χ3v) is 8.05. The third kappa shape index (κ3) is 4.62. The first-order chi connectivity index (χ1) is 16.7. The monoisotopic (exact) mass is 488 g/mol. The van der Waals surface area contributed by atoms with E-state index in [4.69, 9.17) is 9.73 Å². The Bertz CT molecular complexity index is 1240. The van der Waals surface area contributed by atoms with Crippen molar-refractivity contribution >= 4 is 51.5 Å². The van der Waals surface area contributed by atoms with Crippen LogP contribution in [-0.2, 0) is 9.53 Å². The number of amidine groups is 1. The molecule has 6 nitrogen and oxygen atoms in total. The molecule has 0 bridgehead atoms. The predicted molar refractivity (Wildman–Crippen MR) is 147 cm³/mol. The number of benzene rings is 2. The van der Waals surface area contributed by atoms with Crippen molar-refractivity contribution in [3.63, 3.8) is 0 Å². The van der Waals surface area contributed by atoms with Crippen molar-refractivity contribution in [2.45, 2.75) is 26.3 Å². The van der Waals surface area contributed by atoms with Crippen molar-refractivity contribution in [1.82, 2.24) is 4.90 Å². The van der Waals surface area contributed by atoms with Crippen LogP contribution < -0.4 is 9.80 Å². The summed E-state index contributed by atoms with van der Waals surface area (Å²) in [5.41, 5.74) is 6.68. The number of aliphatic imine (C=N–C) groups is 1. The number of hydrogen-bond acceptors (Lipinski definition) is 6. The minimum Gasteiger partial charge on any atom is -0.378 e.